The molecule has 0 radical (unpaired) electrons. The Morgan fingerprint density at radius 1 is 1.42 bits per heavy atom. The molecule has 0 aromatic carbocycles. The molecule has 2 aromatic heterocycles. The van der Waals surface area contributed by atoms with Gasteiger partial charge in [-0.3, -0.25) is 0 Å². The first-order valence-electron chi connectivity index (χ1n) is 7.55. The quantitative estimate of drug-likeness (QED) is 0.432. The fourth-order valence-electron chi connectivity index (χ4n) is 4.67. The predicted octanol–water partition coefficient (Wildman–Crippen LogP) is -0.342. The Bertz CT molecular complexity index is 954. The van der Waals surface area contributed by atoms with E-state index in [2.05, 4.69) is 20.7 Å². The van der Waals surface area contributed by atoms with Crippen LogP contribution in [0.25, 0.3) is 11.2 Å². The zero-order valence-corrected chi connectivity index (χ0v) is 13.1. The maximum atomic E-state index is 11.1. The second-order valence-electron chi connectivity index (χ2n) is 6.74. The van der Waals surface area contributed by atoms with Gasteiger partial charge in [0.15, 0.2) is 11.5 Å². The summed E-state index contributed by atoms with van der Waals surface area (Å²) in [5, 5.41) is 31.6. The van der Waals surface area contributed by atoms with Crippen molar-refractivity contribution in [3.05, 3.63) is 29.5 Å². The van der Waals surface area contributed by atoms with Gasteiger partial charge in [0.2, 0.25) is 5.28 Å². The molecular formula is C15H14ClN5O3. The molecule has 0 aliphatic heterocycles. The van der Waals surface area contributed by atoms with Crippen LogP contribution in [0.5, 0.6) is 0 Å². The van der Waals surface area contributed by atoms with Gasteiger partial charge in [-0.15, -0.1) is 5.73 Å². The Morgan fingerprint density at radius 3 is 2.96 bits per heavy atom. The van der Waals surface area contributed by atoms with E-state index in [0.717, 1.165) is 0 Å². The lowest BCUT2D eigenvalue weighted by Crippen LogP contribution is -2.45. The lowest BCUT2D eigenvalue weighted by Gasteiger charge is -2.34. The number of nitrogens with zero attached hydrogens (tertiary/aromatic N) is 4. The fourth-order valence-corrected chi connectivity index (χ4v) is 4.84. The molecule has 3 aliphatic carbocycles. The van der Waals surface area contributed by atoms with Crippen molar-refractivity contribution in [3.8, 4) is 0 Å². The van der Waals surface area contributed by atoms with Crippen LogP contribution >= 0.6 is 11.6 Å². The number of hydrogen-bond donors (Lipinski definition) is 4. The van der Waals surface area contributed by atoms with Gasteiger partial charge < -0.3 is 25.6 Å². The lowest BCUT2D eigenvalue weighted by molar-refractivity contribution is -0.0675. The van der Waals surface area contributed by atoms with Gasteiger partial charge in [0.25, 0.3) is 0 Å². The highest BCUT2D eigenvalue weighted by Gasteiger charge is 2.82. The number of halogens is 1. The molecule has 6 atom stereocenters. The molecule has 0 saturated heterocycles. The van der Waals surface area contributed by atoms with Crippen LogP contribution in [-0.2, 0) is 0 Å². The van der Waals surface area contributed by atoms with E-state index in [1.165, 1.54) is 6.33 Å². The highest BCUT2D eigenvalue weighted by Crippen LogP contribution is 2.73. The van der Waals surface area contributed by atoms with Crippen molar-refractivity contribution >= 4 is 28.6 Å². The van der Waals surface area contributed by atoms with Crippen molar-refractivity contribution in [3.63, 3.8) is 0 Å². The number of aliphatic hydroxyl groups excluding tert-OH is 2. The number of anilines is 1. The average Bonchev–Trinajstić information content (AvgIpc) is 2.91. The smallest absolute Gasteiger partial charge is 0.226 e. The van der Waals surface area contributed by atoms with Crippen LogP contribution in [-0.4, -0.2) is 53.2 Å². The van der Waals surface area contributed by atoms with E-state index in [-0.39, 0.29) is 29.5 Å². The summed E-state index contributed by atoms with van der Waals surface area (Å²) < 4.78 is 1.68. The summed E-state index contributed by atoms with van der Waals surface area (Å²) in [4.78, 5) is 12.2. The van der Waals surface area contributed by atoms with Gasteiger partial charge in [-0.2, -0.15) is 9.97 Å². The van der Waals surface area contributed by atoms with Crippen molar-refractivity contribution in [2.75, 3.05) is 12.3 Å². The predicted molar refractivity (Wildman–Crippen MR) is 83.9 cm³/mol. The summed E-state index contributed by atoms with van der Waals surface area (Å²) >= 11 is 5.89. The van der Waals surface area contributed by atoms with Gasteiger partial charge in [-0.05, 0) is 23.8 Å². The van der Waals surface area contributed by atoms with Gasteiger partial charge in [-0.25, -0.2) is 4.98 Å². The Labute approximate surface area is 140 Å². The molecule has 5 rings (SSSR count). The third kappa shape index (κ3) is 1.36. The third-order valence-electron chi connectivity index (χ3n) is 5.82. The van der Waals surface area contributed by atoms with E-state index in [1.54, 1.807) is 16.7 Å². The molecule has 5 N–H and O–H groups in total. The maximum absolute atomic E-state index is 11.1. The zero-order chi connectivity index (χ0) is 16.9. The van der Waals surface area contributed by atoms with Crippen LogP contribution in [0.3, 0.4) is 0 Å². The summed E-state index contributed by atoms with van der Waals surface area (Å²) in [6.45, 7) is -0.251. The van der Waals surface area contributed by atoms with Gasteiger partial charge in [-0.1, -0.05) is 0 Å². The monoisotopic (exact) mass is 347 g/mol. The molecule has 1 unspecified atom stereocenters. The fraction of sp³-hybridized carbons (Fsp3) is 0.467. The molecule has 2 saturated carbocycles. The van der Waals surface area contributed by atoms with Crippen LogP contribution in [0.15, 0.2) is 24.2 Å². The second-order valence-corrected chi connectivity index (χ2v) is 7.07. The van der Waals surface area contributed by atoms with Crippen molar-refractivity contribution in [2.24, 2.45) is 17.3 Å². The maximum Gasteiger partial charge on any atom is 0.226 e. The standard InChI is InChI=1S/C15H14ClN5O3/c16-13-19-10(17)8-11(20-13)21(5-18-8)9-7-6-2-1-3-14(6,4-22)12(23)15(7,9)24/h2-3,5-7,9,12,22-24H,4H2,(H2,17,19,20)/t6-,7+,9?,12-,14+,15+/m1/s1. The van der Waals surface area contributed by atoms with Crippen LogP contribution in [0.4, 0.5) is 5.82 Å². The minimum absolute atomic E-state index is 0.00719. The van der Waals surface area contributed by atoms with Crippen molar-refractivity contribution < 1.29 is 15.3 Å². The molecule has 2 fully saturated rings. The number of aromatic nitrogens is 4. The number of nitrogens with two attached hydrogens (primary N) is 1. The van der Waals surface area contributed by atoms with Gasteiger partial charge in [0.1, 0.15) is 11.1 Å². The molecule has 3 aliphatic rings. The lowest BCUT2D eigenvalue weighted by atomic mass is 9.75. The first kappa shape index (κ1) is 14.4. The van der Waals surface area contributed by atoms with Gasteiger partial charge in [0.05, 0.1) is 30.5 Å². The molecule has 2 aromatic rings. The molecule has 0 amide bonds. The Balaban J connectivity index is 1.64. The highest BCUT2D eigenvalue weighted by atomic mass is 35.5. The first-order chi connectivity index (χ1) is 11.4. The Kier molecular flexibility index (Phi) is 2.50. The minimum atomic E-state index is -1.37. The van der Waals surface area contributed by atoms with E-state index in [1.807, 2.05) is 0 Å². The van der Waals surface area contributed by atoms with E-state index >= 15 is 0 Å². The third-order valence-corrected chi connectivity index (χ3v) is 5.98. The summed E-state index contributed by atoms with van der Waals surface area (Å²) in [7, 11) is 0. The van der Waals surface area contributed by atoms with Crippen molar-refractivity contribution in [2.45, 2.75) is 17.7 Å². The molecule has 0 bridgehead atoms. The summed E-state index contributed by atoms with van der Waals surface area (Å²) in [6, 6.07) is -0.433. The SMILES string of the molecule is Nc1nc(Cl)nc2c1ncn2C1[C@@H]2[C@H]3C=C=C[C@@]3(CO)[C@@H](O)[C@@]12O. The molecule has 8 nitrogen and oxygen atoms in total. The molecular weight excluding hydrogens is 334 g/mol. The summed E-state index contributed by atoms with van der Waals surface area (Å²) in [6.07, 6.45) is 3.87. The second kappa shape index (κ2) is 4.17. The average molecular weight is 348 g/mol. The van der Waals surface area contributed by atoms with E-state index in [0.29, 0.717) is 11.2 Å². The van der Waals surface area contributed by atoms with Crippen molar-refractivity contribution in [1.82, 2.24) is 19.5 Å². The number of fused-ring (bicyclic) bond motifs is 4. The summed E-state index contributed by atoms with van der Waals surface area (Å²) in [5.41, 5.74) is 7.35. The van der Waals surface area contributed by atoms with E-state index < -0.39 is 23.2 Å². The van der Waals surface area contributed by atoms with Gasteiger partial charge >= 0.3 is 0 Å². The van der Waals surface area contributed by atoms with Crippen LogP contribution < -0.4 is 5.73 Å². The molecule has 24 heavy (non-hydrogen) atoms. The van der Waals surface area contributed by atoms with E-state index in [9.17, 15) is 15.3 Å². The Morgan fingerprint density at radius 2 is 2.21 bits per heavy atom. The van der Waals surface area contributed by atoms with Crippen LogP contribution in [0, 0.1) is 17.3 Å². The zero-order valence-electron chi connectivity index (χ0n) is 12.3. The summed E-state index contributed by atoms with van der Waals surface area (Å²) in [5.74, 6) is -0.327. The minimum Gasteiger partial charge on any atom is -0.395 e. The molecule has 2 heterocycles. The first-order valence-corrected chi connectivity index (χ1v) is 7.93. The van der Waals surface area contributed by atoms with Crippen LogP contribution in [0.2, 0.25) is 5.28 Å². The number of nitrogen functional groups attached to an aromatic ring is 1. The molecule has 124 valence electrons. The van der Waals surface area contributed by atoms with Gasteiger partial charge in [0, 0.05) is 11.8 Å². The number of rotatable bonds is 2. The molecule has 0 spiro atoms. The van der Waals surface area contributed by atoms with Crippen LogP contribution in [0.1, 0.15) is 6.04 Å². The van der Waals surface area contributed by atoms with E-state index in [4.69, 9.17) is 17.3 Å². The Hall–Kier alpha value is -1.96. The van der Waals surface area contributed by atoms with Crippen molar-refractivity contribution in [1.29, 1.82) is 0 Å². The number of hydrogen-bond acceptors (Lipinski definition) is 7. The number of aliphatic hydroxyl groups is 3. The normalized spacial score (nSPS) is 41.8. The largest absolute Gasteiger partial charge is 0.395 e. The number of imidazole rings is 1. The topological polar surface area (TPSA) is 130 Å². The molecule has 9 heteroatoms. The highest BCUT2D eigenvalue weighted by molar-refractivity contribution is 6.28.